The van der Waals surface area contributed by atoms with E-state index in [-0.39, 0.29) is 11.5 Å². The number of aromatic carboxylic acids is 1. The molecule has 1 heterocycles. The van der Waals surface area contributed by atoms with Crippen molar-refractivity contribution < 1.29 is 34.0 Å². The number of aliphatic hydroxyl groups is 1. The highest BCUT2D eigenvalue weighted by Gasteiger charge is 2.27. The van der Waals surface area contributed by atoms with Crippen LogP contribution < -0.4 is 14.2 Å². The Hall–Kier alpha value is -2.88. The standard InChI is InChI=1S/C25H31NO7S/c1-13(2)12-33-20(24(27)15-7-18(31-5)14(3)19(8-15)32-6)11-22-26-23-17(25(28)29)9-16(30-4)10-21(23)34-22/h7-10,13,20,24,27H,11-12H2,1-6H3,(H,28,29). The van der Waals surface area contributed by atoms with Gasteiger partial charge in [-0.05, 0) is 42.7 Å². The Balaban J connectivity index is 1.99. The fraction of sp³-hybridized carbons (Fsp3) is 0.440. The summed E-state index contributed by atoms with van der Waals surface area (Å²) < 4.78 is 23.0. The van der Waals surface area contributed by atoms with E-state index in [0.717, 1.165) is 5.56 Å². The number of aromatic nitrogens is 1. The maximum Gasteiger partial charge on any atom is 0.338 e. The predicted octanol–water partition coefficient (Wildman–Crippen LogP) is 4.65. The summed E-state index contributed by atoms with van der Waals surface area (Å²) in [6.07, 6.45) is -1.30. The highest BCUT2D eigenvalue weighted by Crippen LogP contribution is 2.36. The largest absolute Gasteiger partial charge is 0.497 e. The predicted molar refractivity (Wildman–Crippen MR) is 131 cm³/mol. The van der Waals surface area contributed by atoms with Gasteiger partial charge in [0.05, 0.1) is 48.2 Å². The minimum absolute atomic E-state index is 0.0741. The molecular formula is C25H31NO7S. The number of aliphatic hydroxyl groups excluding tert-OH is 1. The Morgan fingerprint density at radius 2 is 1.71 bits per heavy atom. The van der Waals surface area contributed by atoms with Gasteiger partial charge in [-0.2, -0.15) is 0 Å². The number of fused-ring (bicyclic) bond motifs is 1. The smallest absolute Gasteiger partial charge is 0.338 e. The van der Waals surface area contributed by atoms with Crippen LogP contribution in [0, 0.1) is 12.8 Å². The van der Waals surface area contributed by atoms with Gasteiger partial charge in [-0.15, -0.1) is 11.3 Å². The zero-order chi connectivity index (χ0) is 25.0. The molecule has 0 bridgehead atoms. The zero-order valence-corrected chi connectivity index (χ0v) is 21.1. The molecule has 0 spiro atoms. The lowest BCUT2D eigenvalue weighted by atomic mass is 9.99. The molecule has 3 rings (SSSR count). The second-order valence-electron chi connectivity index (χ2n) is 8.40. The second kappa shape index (κ2) is 11.0. The van der Waals surface area contributed by atoms with Crippen LogP contribution in [0.4, 0.5) is 0 Å². The van der Waals surface area contributed by atoms with Crippen LogP contribution in [0.15, 0.2) is 24.3 Å². The van der Waals surface area contributed by atoms with Crippen LogP contribution in [0.25, 0.3) is 10.2 Å². The Kier molecular flexibility index (Phi) is 8.35. The number of rotatable bonds is 11. The van der Waals surface area contributed by atoms with E-state index >= 15 is 0 Å². The Bertz CT molecular complexity index is 1130. The van der Waals surface area contributed by atoms with Crippen molar-refractivity contribution in [2.75, 3.05) is 27.9 Å². The molecule has 2 N–H and O–H groups in total. The molecule has 8 nitrogen and oxygen atoms in total. The molecule has 3 aromatic rings. The highest BCUT2D eigenvalue weighted by molar-refractivity contribution is 7.18. The van der Waals surface area contributed by atoms with Gasteiger partial charge in [0, 0.05) is 18.6 Å². The van der Waals surface area contributed by atoms with Crippen molar-refractivity contribution >= 4 is 27.5 Å². The van der Waals surface area contributed by atoms with Crippen molar-refractivity contribution in [3.05, 3.63) is 46.0 Å². The van der Waals surface area contributed by atoms with E-state index < -0.39 is 18.2 Å². The van der Waals surface area contributed by atoms with Crippen LogP contribution in [-0.2, 0) is 11.2 Å². The van der Waals surface area contributed by atoms with Crippen molar-refractivity contribution in [1.29, 1.82) is 0 Å². The van der Waals surface area contributed by atoms with Crippen LogP contribution in [-0.4, -0.2) is 55.2 Å². The fourth-order valence-corrected chi connectivity index (χ4v) is 4.73. The number of benzene rings is 2. The first-order chi connectivity index (χ1) is 16.2. The molecule has 2 atom stereocenters. The van der Waals surface area contributed by atoms with Crippen molar-refractivity contribution in [2.45, 2.75) is 39.4 Å². The second-order valence-corrected chi connectivity index (χ2v) is 9.51. The molecule has 0 aliphatic rings. The third-order valence-electron chi connectivity index (χ3n) is 5.47. The van der Waals surface area contributed by atoms with Gasteiger partial charge in [-0.3, -0.25) is 0 Å². The number of hydrogen-bond donors (Lipinski definition) is 2. The van der Waals surface area contributed by atoms with Gasteiger partial charge in [-0.25, -0.2) is 9.78 Å². The first-order valence-electron chi connectivity index (χ1n) is 10.9. The summed E-state index contributed by atoms with van der Waals surface area (Å²) in [6, 6.07) is 6.78. The van der Waals surface area contributed by atoms with Crippen molar-refractivity contribution in [1.82, 2.24) is 4.98 Å². The molecule has 9 heteroatoms. The number of carboxylic acids is 1. The van der Waals surface area contributed by atoms with E-state index in [1.807, 2.05) is 20.8 Å². The first-order valence-corrected chi connectivity index (χ1v) is 11.7. The van der Waals surface area contributed by atoms with Gasteiger partial charge in [-0.1, -0.05) is 13.8 Å². The molecule has 0 saturated heterocycles. The van der Waals surface area contributed by atoms with Crippen LogP contribution >= 0.6 is 11.3 Å². The molecule has 34 heavy (non-hydrogen) atoms. The molecule has 0 saturated carbocycles. The summed E-state index contributed by atoms with van der Waals surface area (Å²) >= 11 is 1.36. The molecule has 0 amide bonds. The molecule has 2 unspecified atom stereocenters. The average Bonchev–Trinajstić information content (AvgIpc) is 3.22. The average molecular weight is 490 g/mol. The topological polar surface area (TPSA) is 107 Å². The summed E-state index contributed by atoms with van der Waals surface area (Å²) in [6.45, 7) is 6.39. The number of carbonyl (C=O) groups is 1. The minimum Gasteiger partial charge on any atom is -0.497 e. The highest BCUT2D eigenvalue weighted by atomic mass is 32.1. The van der Waals surface area contributed by atoms with Crippen LogP contribution in [0.2, 0.25) is 0 Å². The number of hydrogen-bond acceptors (Lipinski definition) is 8. The summed E-state index contributed by atoms with van der Waals surface area (Å²) in [5.74, 6) is 0.845. The summed E-state index contributed by atoms with van der Waals surface area (Å²) in [7, 11) is 4.63. The Morgan fingerprint density at radius 1 is 1.06 bits per heavy atom. The SMILES string of the molecule is COc1cc(C(=O)O)c2nc(CC(OCC(C)C)C(O)c3cc(OC)c(C)c(OC)c3)sc2c1. The maximum absolute atomic E-state index is 11.8. The number of nitrogens with zero attached hydrogens (tertiary/aromatic N) is 1. The molecule has 1 aromatic heterocycles. The normalized spacial score (nSPS) is 13.2. The Labute approximate surface area is 203 Å². The number of thiazole rings is 1. The van der Waals surface area contributed by atoms with Crippen molar-refractivity contribution in [2.24, 2.45) is 5.92 Å². The van der Waals surface area contributed by atoms with E-state index in [1.54, 1.807) is 32.4 Å². The molecule has 2 aromatic carbocycles. The van der Waals surface area contributed by atoms with E-state index in [9.17, 15) is 15.0 Å². The van der Waals surface area contributed by atoms with Gasteiger partial charge >= 0.3 is 5.97 Å². The summed E-state index contributed by atoms with van der Waals surface area (Å²) in [5.41, 5.74) is 1.90. The lowest BCUT2D eigenvalue weighted by Gasteiger charge is -2.25. The molecule has 0 aliphatic heterocycles. The van der Waals surface area contributed by atoms with E-state index in [1.165, 1.54) is 24.5 Å². The van der Waals surface area contributed by atoms with Gasteiger partial charge < -0.3 is 29.2 Å². The summed E-state index contributed by atoms with van der Waals surface area (Å²) in [4.78, 5) is 16.3. The number of ether oxygens (including phenoxy) is 4. The van der Waals surface area contributed by atoms with E-state index in [2.05, 4.69) is 4.98 Å². The lowest BCUT2D eigenvalue weighted by molar-refractivity contribution is -0.0472. The third kappa shape index (κ3) is 5.60. The van der Waals surface area contributed by atoms with Crippen LogP contribution in [0.5, 0.6) is 17.2 Å². The zero-order valence-electron chi connectivity index (χ0n) is 20.2. The summed E-state index contributed by atoms with van der Waals surface area (Å²) in [5, 5.41) is 21.6. The van der Waals surface area contributed by atoms with Gasteiger partial charge in [0.15, 0.2) is 0 Å². The lowest BCUT2D eigenvalue weighted by Crippen LogP contribution is -2.26. The van der Waals surface area contributed by atoms with E-state index in [0.29, 0.717) is 51.1 Å². The quantitative estimate of drug-likeness (QED) is 0.401. The van der Waals surface area contributed by atoms with Crippen molar-refractivity contribution in [3.8, 4) is 17.2 Å². The van der Waals surface area contributed by atoms with Crippen LogP contribution in [0.1, 0.15) is 46.4 Å². The molecule has 0 aliphatic carbocycles. The third-order valence-corrected chi connectivity index (χ3v) is 6.49. The molecule has 0 radical (unpaired) electrons. The van der Waals surface area contributed by atoms with Gasteiger partial charge in [0.1, 0.15) is 23.4 Å². The maximum atomic E-state index is 11.8. The molecule has 0 fully saturated rings. The molecular weight excluding hydrogens is 458 g/mol. The number of methoxy groups -OCH3 is 3. The van der Waals surface area contributed by atoms with Gasteiger partial charge in [0.25, 0.3) is 0 Å². The number of carboxylic acid groups (broad SMARTS) is 1. The first kappa shape index (κ1) is 25.7. The Morgan fingerprint density at radius 3 is 2.24 bits per heavy atom. The van der Waals surface area contributed by atoms with E-state index in [4.69, 9.17) is 18.9 Å². The fourth-order valence-electron chi connectivity index (χ4n) is 3.66. The monoisotopic (exact) mass is 489 g/mol. The molecule has 184 valence electrons. The van der Waals surface area contributed by atoms with Gasteiger partial charge in [0.2, 0.25) is 0 Å². The minimum atomic E-state index is -1.08. The van der Waals surface area contributed by atoms with Crippen LogP contribution in [0.3, 0.4) is 0 Å². The van der Waals surface area contributed by atoms with Crippen molar-refractivity contribution in [3.63, 3.8) is 0 Å².